The van der Waals surface area contributed by atoms with Gasteiger partial charge in [-0.2, -0.15) is 5.10 Å². The molecule has 0 saturated heterocycles. The molecular formula is C26H26N2O4. The number of furan rings is 1. The Morgan fingerprint density at radius 3 is 2.75 bits per heavy atom. The van der Waals surface area contributed by atoms with Crippen molar-refractivity contribution in [1.29, 1.82) is 0 Å². The van der Waals surface area contributed by atoms with E-state index in [0.717, 1.165) is 39.6 Å². The largest absolute Gasteiger partial charge is 0.494 e. The van der Waals surface area contributed by atoms with E-state index in [-0.39, 0.29) is 11.9 Å². The number of nitrogens with one attached hydrogen (secondary N) is 1. The van der Waals surface area contributed by atoms with Gasteiger partial charge in [0, 0.05) is 10.9 Å². The number of rotatable bonds is 8. The lowest BCUT2D eigenvalue weighted by molar-refractivity contribution is 0.0929. The summed E-state index contributed by atoms with van der Waals surface area (Å²) >= 11 is 0. The van der Waals surface area contributed by atoms with Crippen molar-refractivity contribution in [2.45, 2.75) is 33.3 Å². The maximum absolute atomic E-state index is 12.6. The molecule has 32 heavy (non-hydrogen) atoms. The van der Waals surface area contributed by atoms with Gasteiger partial charge in [-0.15, -0.1) is 0 Å². The first-order valence-electron chi connectivity index (χ1n) is 10.8. The molecule has 0 saturated carbocycles. The molecule has 0 aliphatic heterocycles. The van der Waals surface area contributed by atoms with E-state index in [1.807, 2.05) is 62.4 Å². The summed E-state index contributed by atoms with van der Waals surface area (Å²) in [5, 5.41) is 7.05. The number of benzene rings is 3. The van der Waals surface area contributed by atoms with Gasteiger partial charge in [-0.25, -0.2) is 5.43 Å². The predicted octanol–water partition coefficient (Wildman–Crippen LogP) is 5.93. The Hall–Kier alpha value is -3.80. The normalized spacial score (nSPS) is 12.3. The molecule has 6 heteroatoms. The number of carbonyl (C=O) groups excluding carboxylic acids is 1. The highest BCUT2D eigenvalue weighted by Gasteiger charge is 2.13. The predicted molar refractivity (Wildman–Crippen MR) is 127 cm³/mol. The van der Waals surface area contributed by atoms with Gasteiger partial charge in [-0.3, -0.25) is 4.79 Å². The van der Waals surface area contributed by atoms with Crippen LogP contribution in [0, 0.1) is 0 Å². The third-order valence-electron chi connectivity index (χ3n) is 5.22. The van der Waals surface area contributed by atoms with Crippen LogP contribution in [0.15, 0.2) is 70.2 Å². The van der Waals surface area contributed by atoms with Crippen LogP contribution in [-0.4, -0.2) is 24.8 Å². The molecule has 0 aliphatic rings. The van der Waals surface area contributed by atoms with Crippen molar-refractivity contribution in [2.24, 2.45) is 5.10 Å². The Bertz CT molecular complexity index is 1280. The van der Waals surface area contributed by atoms with E-state index in [1.165, 1.54) is 0 Å². The van der Waals surface area contributed by atoms with Crippen LogP contribution in [0.4, 0.5) is 0 Å². The molecule has 1 amide bonds. The fraction of sp³-hybridized carbons (Fsp3) is 0.231. The molecule has 3 aromatic carbocycles. The summed E-state index contributed by atoms with van der Waals surface area (Å²) in [4.78, 5) is 12.6. The topological polar surface area (TPSA) is 73.1 Å². The summed E-state index contributed by atoms with van der Waals surface area (Å²) in [6.07, 6.45) is 2.57. The quantitative estimate of drug-likeness (QED) is 0.278. The van der Waals surface area contributed by atoms with Crippen molar-refractivity contribution < 1.29 is 18.7 Å². The molecule has 0 bridgehead atoms. The van der Waals surface area contributed by atoms with E-state index in [0.29, 0.717) is 12.2 Å². The highest BCUT2D eigenvalue weighted by atomic mass is 16.5. The van der Waals surface area contributed by atoms with Gasteiger partial charge in [0.25, 0.3) is 0 Å². The Balaban J connectivity index is 1.57. The first-order chi connectivity index (χ1) is 15.6. The number of fused-ring (bicyclic) bond motifs is 2. The van der Waals surface area contributed by atoms with Gasteiger partial charge in [0.2, 0.25) is 0 Å². The van der Waals surface area contributed by atoms with Gasteiger partial charge in [0.1, 0.15) is 17.1 Å². The van der Waals surface area contributed by atoms with Crippen molar-refractivity contribution in [2.75, 3.05) is 6.61 Å². The molecule has 4 rings (SSSR count). The van der Waals surface area contributed by atoms with E-state index in [4.69, 9.17) is 13.9 Å². The molecule has 1 N–H and O–H groups in total. The standard InChI is InChI=1S/C26H26N2O4/c1-4-17(3)31-24-12-10-18-8-6-7-9-21(18)22(24)16-27-28-26(29)25-15-19-14-20(30-5-2)11-13-23(19)32-25/h6-17H,4-5H2,1-3H3,(H,28,29)/b27-16+/t17-/m1/s1. The molecule has 1 aromatic heterocycles. The Kier molecular flexibility index (Phi) is 6.40. The van der Waals surface area contributed by atoms with Crippen LogP contribution in [0.2, 0.25) is 0 Å². The first-order valence-corrected chi connectivity index (χ1v) is 10.8. The highest BCUT2D eigenvalue weighted by molar-refractivity contribution is 6.03. The molecule has 164 valence electrons. The minimum atomic E-state index is -0.431. The smallest absolute Gasteiger partial charge is 0.307 e. The zero-order valence-corrected chi connectivity index (χ0v) is 18.4. The number of ether oxygens (including phenoxy) is 2. The summed E-state index contributed by atoms with van der Waals surface area (Å²) < 4.78 is 17.2. The fourth-order valence-corrected chi connectivity index (χ4v) is 3.41. The number of hydrazone groups is 1. The van der Waals surface area contributed by atoms with Crippen LogP contribution < -0.4 is 14.9 Å². The average molecular weight is 431 g/mol. The number of carbonyl (C=O) groups is 1. The number of hydrogen-bond donors (Lipinski definition) is 1. The summed E-state index contributed by atoms with van der Waals surface area (Å²) in [6.45, 7) is 6.59. The monoisotopic (exact) mass is 430 g/mol. The lowest BCUT2D eigenvalue weighted by Gasteiger charge is -2.16. The minimum absolute atomic E-state index is 0.0648. The molecule has 0 spiro atoms. The summed E-state index contributed by atoms with van der Waals surface area (Å²) in [5.41, 5.74) is 3.98. The molecule has 1 heterocycles. The third kappa shape index (κ3) is 4.59. The maximum Gasteiger partial charge on any atom is 0.307 e. The molecule has 0 unspecified atom stereocenters. The fourth-order valence-electron chi connectivity index (χ4n) is 3.41. The van der Waals surface area contributed by atoms with E-state index >= 15 is 0 Å². The van der Waals surface area contributed by atoms with Gasteiger partial charge < -0.3 is 13.9 Å². The Labute approximate surface area is 186 Å². The minimum Gasteiger partial charge on any atom is -0.494 e. The van der Waals surface area contributed by atoms with Crippen LogP contribution in [0.25, 0.3) is 21.7 Å². The number of amides is 1. The molecule has 4 aromatic rings. The van der Waals surface area contributed by atoms with Gasteiger partial charge in [0.05, 0.1) is 18.9 Å². The molecule has 0 radical (unpaired) electrons. The second kappa shape index (κ2) is 9.56. The Morgan fingerprint density at radius 2 is 1.94 bits per heavy atom. The number of nitrogens with zero attached hydrogens (tertiary/aromatic N) is 1. The molecule has 1 atom stereocenters. The van der Waals surface area contributed by atoms with Crippen molar-refractivity contribution in [3.05, 3.63) is 72.0 Å². The number of hydrogen-bond acceptors (Lipinski definition) is 5. The van der Waals surface area contributed by atoms with Crippen LogP contribution in [-0.2, 0) is 0 Å². The van der Waals surface area contributed by atoms with E-state index < -0.39 is 5.91 Å². The zero-order chi connectivity index (χ0) is 22.5. The molecular weight excluding hydrogens is 404 g/mol. The van der Waals surface area contributed by atoms with Gasteiger partial charge >= 0.3 is 5.91 Å². The van der Waals surface area contributed by atoms with Crippen LogP contribution in [0.1, 0.15) is 43.3 Å². The van der Waals surface area contributed by atoms with Crippen molar-refractivity contribution in [3.8, 4) is 11.5 Å². The van der Waals surface area contributed by atoms with Crippen molar-refractivity contribution in [3.63, 3.8) is 0 Å². The van der Waals surface area contributed by atoms with Crippen molar-refractivity contribution in [1.82, 2.24) is 5.43 Å². The SMILES string of the molecule is CCOc1ccc2oc(C(=O)N/N=C/c3c(O[C@H](C)CC)ccc4ccccc34)cc2c1. The first kappa shape index (κ1) is 21.4. The van der Waals surface area contributed by atoms with Crippen molar-refractivity contribution >= 4 is 33.9 Å². The summed E-state index contributed by atoms with van der Waals surface area (Å²) in [7, 11) is 0. The van der Waals surface area contributed by atoms with Gasteiger partial charge in [-0.05, 0) is 61.4 Å². The third-order valence-corrected chi connectivity index (χ3v) is 5.22. The maximum atomic E-state index is 12.6. The second-order valence-corrected chi connectivity index (χ2v) is 7.48. The van der Waals surface area contributed by atoms with E-state index in [2.05, 4.69) is 17.5 Å². The second-order valence-electron chi connectivity index (χ2n) is 7.48. The summed E-state index contributed by atoms with van der Waals surface area (Å²) in [5.74, 6) is 1.21. The molecule has 0 aliphatic carbocycles. The molecule has 6 nitrogen and oxygen atoms in total. The van der Waals surface area contributed by atoms with Crippen LogP contribution in [0.5, 0.6) is 11.5 Å². The van der Waals surface area contributed by atoms with E-state index in [1.54, 1.807) is 18.3 Å². The highest BCUT2D eigenvalue weighted by Crippen LogP contribution is 2.28. The van der Waals surface area contributed by atoms with Crippen LogP contribution >= 0.6 is 0 Å². The van der Waals surface area contributed by atoms with E-state index in [9.17, 15) is 4.79 Å². The zero-order valence-electron chi connectivity index (χ0n) is 18.4. The summed E-state index contributed by atoms with van der Waals surface area (Å²) in [6, 6.07) is 19.1. The van der Waals surface area contributed by atoms with Crippen LogP contribution in [0.3, 0.4) is 0 Å². The van der Waals surface area contributed by atoms with Gasteiger partial charge in [-0.1, -0.05) is 37.3 Å². The molecule has 0 fully saturated rings. The van der Waals surface area contributed by atoms with Gasteiger partial charge in [0.15, 0.2) is 5.76 Å². The lowest BCUT2D eigenvalue weighted by Crippen LogP contribution is -2.17. The average Bonchev–Trinajstić information content (AvgIpc) is 3.24. The lowest BCUT2D eigenvalue weighted by atomic mass is 10.0. The Morgan fingerprint density at radius 1 is 1.09 bits per heavy atom.